The highest BCUT2D eigenvalue weighted by Crippen LogP contribution is 2.49. The monoisotopic (exact) mass is 668 g/mol. The number of aliphatic hydroxyl groups is 2. The summed E-state index contributed by atoms with van der Waals surface area (Å²) in [7, 11) is -3.25. The van der Waals surface area contributed by atoms with Crippen molar-refractivity contribution in [2.24, 2.45) is 0 Å². The lowest BCUT2D eigenvalue weighted by molar-refractivity contribution is 0.195. The van der Waals surface area contributed by atoms with E-state index in [-0.39, 0.29) is 24.4 Å². The summed E-state index contributed by atoms with van der Waals surface area (Å²) in [6.45, 7) is 3.44. The van der Waals surface area contributed by atoms with Crippen molar-refractivity contribution >= 4 is 18.6 Å². The second kappa shape index (κ2) is 26.4. The van der Waals surface area contributed by atoms with Crippen LogP contribution in [0.2, 0.25) is 0 Å². The third-order valence-electron chi connectivity index (χ3n) is 8.68. The predicted octanol–water partition coefficient (Wildman–Crippen LogP) is 8.13. The van der Waals surface area contributed by atoms with Crippen LogP contribution in [-0.4, -0.2) is 63.8 Å². The second-order valence-electron chi connectivity index (χ2n) is 12.8. The molecule has 0 aromatic carbocycles. The van der Waals surface area contributed by atoms with Gasteiger partial charge in [0.05, 0.1) is 37.8 Å². The van der Waals surface area contributed by atoms with Crippen molar-refractivity contribution < 1.29 is 23.8 Å². The molecule has 0 aliphatic rings. The molecule has 2 aromatic rings. The van der Waals surface area contributed by atoms with Gasteiger partial charge in [0.15, 0.2) is 0 Å². The molecule has 5 N–H and O–H groups in total. The molecule has 0 saturated heterocycles. The summed E-state index contributed by atoms with van der Waals surface area (Å²) >= 11 is 0. The summed E-state index contributed by atoms with van der Waals surface area (Å²) in [5.41, 5.74) is 1.62. The number of hydrogen-bond acceptors (Lipinski definition) is 8. The van der Waals surface area contributed by atoms with Crippen LogP contribution in [-0.2, 0) is 20.2 Å². The first-order valence-electron chi connectivity index (χ1n) is 18.4. The molecule has 0 bridgehead atoms. The van der Waals surface area contributed by atoms with Gasteiger partial charge in [-0.2, -0.15) is 0 Å². The zero-order chi connectivity index (χ0) is 33.1. The Bertz CT molecular complexity index is 1110. The number of nitrogens with one attached hydrogen (secondary N) is 3. The number of nitrogens with zero attached hydrogens (tertiary/aromatic N) is 1. The van der Waals surface area contributed by atoms with E-state index >= 15 is 0 Å². The Kier molecular flexibility index (Phi) is 23.3. The Hall–Kier alpha value is -1.55. The number of aromatic nitrogens is 3. The molecular weight excluding hydrogens is 603 g/mol. The molecule has 2 rings (SSSR count). The Morgan fingerprint density at radius 2 is 1.30 bits per heavy atom. The molecule has 0 radical (unpaired) electrons. The van der Waals surface area contributed by atoms with Gasteiger partial charge >= 0.3 is 7.60 Å². The van der Waals surface area contributed by atoms with Crippen molar-refractivity contribution in [2.45, 2.75) is 154 Å². The molecule has 0 amide bonds. The fraction of sp³-hybridized carbons (Fsp3) is 0.829. The molecule has 46 heavy (non-hydrogen) atoms. The smallest absolute Gasteiger partial charge is 0.330 e. The van der Waals surface area contributed by atoms with E-state index < -0.39 is 7.60 Å². The van der Waals surface area contributed by atoms with Gasteiger partial charge in [-0.05, 0) is 25.7 Å². The van der Waals surface area contributed by atoms with Gasteiger partial charge in [-0.25, -0.2) is 4.98 Å². The first kappa shape index (κ1) is 40.6. The van der Waals surface area contributed by atoms with E-state index in [1.807, 2.05) is 6.92 Å². The Morgan fingerprint density at radius 1 is 0.783 bits per heavy atom. The maximum atomic E-state index is 13.4. The number of unbranched alkanes of at least 4 members (excludes halogenated alkanes) is 18. The van der Waals surface area contributed by atoms with Gasteiger partial charge < -0.3 is 34.5 Å². The van der Waals surface area contributed by atoms with Gasteiger partial charge in [-0.1, -0.05) is 116 Å². The molecule has 2 aromatic heterocycles. The molecule has 2 heterocycles. The standard InChI is InChI=1S/C35H65N4O6P/c1-2-24-44-46(43,26-22-32(29-41)36-27-31-28-37-34-33(31)38-30-39-35(34)42)45-25-21-19-17-15-13-11-9-7-5-3-4-6-8-10-12-14-16-18-20-23-40/h28,30,32,36-37,40-41H,2-27,29H2,1H3,(H,38,39,42)/t32-,46?/m0/s1. The highest BCUT2D eigenvalue weighted by Gasteiger charge is 2.26. The molecular formula is C35H65N4O6P. The molecule has 0 saturated carbocycles. The van der Waals surface area contributed by atoms with Gasteiger partial charge in [0, 0.05) is 31.0 Å². The minimum Gasteiger partial charge on any atom is -0.396 e. The van der Waals surface area contributed by atoms with Crippen molar-refractivity contribution in [3.05, 3.63) is 28.4 Å². The first-order chi connectivity index (χ1) is 22.5. The fourth-order valence-corrected chi connectivity index (χ4v) is 7.61. The largest absolute Gasteiger partial charge is 0.396 e. The number of rotatable bonds is 32. The number of aromatic amines is 2. The molecule has 0 fully saturated rings. The molecule has 10 nitrogen and oxygen atoms in total. The second-order valence-corrected chi connectivity index (χ2v) is 14.9. The Morgan fingerprint density at radius 3 is 1.83 bits per heavy atom. The normalized spacial score (nSPS) is 13.8. The van der Waals surface area contributed by atoms with Crippen molar-refractivity contribution in [2.75, 3.05) is 32.6 Å². The van der Waals surface area contributed by atoms with Crippen LogP contribution in [0.15, 0.2) is 17.3 Å². The van der Waals surface area contributed by atoms with Crippen LogP contribution < -0.4 is 10.9 Å². The van der Waals surface area contributed by atoms with E-state index in [0.29, 0.717) is 43.8 Å². The summed E-state index contributed by atoms with van der Waals surface area (Å²) in [6.07, 6.45) is 28.6. The average Bonchev–Trinajstić information content (AvgIpc) is 3.49. The average molecular weight is 669 g/mol. The van der Waals surface area contributed by atoms with Crippen molar-refractivity contribution in [3.8, 4) is 0 Å². The number of hydrogen-bond donors (Lipinski definition) is 5. The van der Waals surface area contributed by atoms with Gasteiger partial charge in [0.25, 0.3) is 5.56 Å². The van der Waals surface area contributed by atoms with E-state index in [1.165, 1.54) is 109 Å². The van der Waals surface area contributed by atoms with Gasteiger partial charge in [-0.15, -0.1) is 0 Å². The summed E-state index contributed by atoms with van der Waals surface area (Å²) < 4.78 is 25.0. The highest BCUT2D eigenvalue weighted by atomic mass is 31.2. The molecule has 11 heteroatoms. The molecule has 2 atom stereocenters. The molecule has 1 unspecified atom stereocenters. The predicted molar refractivity (Wildman–Crippen MR) is 189 cm³/mol. The van der Waals surface area contributed by atoms with Crippen molar-refractivity contribution in [1.82, 2.24) is 20.3 Å². The van der Waals surface area contributed by atoms with E-state index in [4.69, 9.17) is 14.2 Å². The Balaban J connectivity index is 1.48. The molecule has 0 aliphatic heterocycles. The van der Waals surface area contributed by atoms with Crippen LogP contribution in [0.25, 0.3) is 11.0 Å². The summed E-state index contributed by atoms with van der Waals surface area (Å²) in [4.78, 5) is 21.7. The van der Waals surface area contributed by atoms with Gasteiger partial charge in [0.2, 0.25) is 0 Å². The van der Waals surface area contributed by atoms with Crippen LogP contribution in [0.5, 0.6) is 0 Å². The lowest BCUT2D eigenvalue weighted by Gasteiger charge is -2.22. The fourth-order valence-electron chi connectivity index (χ4n) is 5.79. The van der Waals surface area contributed by atoms with E-state index in [2.05, 4.69) is 20.3 Å². The zero-order valence-corrected chi connectivity index (χ0v) is 29.6. The van der Waals surface area contributed by atoms with Gasteiger partial charge in [-0.3, -0.25) is 9.36 Å². The maximum absolute atomic E-state index is 13.4. The first-order valence-corrected chi connectivity index (χ1v) is 20.1. The van der Waals surface area contributed by atoms with E-state index in [1.54, 1.807) is 6.20 Å². The highest BCUT2D eigenvalue weighted by molar-refractivity contribution is 7.53. The van der Waals surface area contributed by atoms with Crippen LogP contribution in [0.4, 0.5) is 0 Å². The SMILES string of the molecule is CCCOP(=O)(CC[C@@H](CO)NCc1c[nH]c2c(=O)[nH]cnc12)OCCCCCCCCCCCCCCCCCCCCCO. The Labute approximate surface area is 277 Å². The van der Waals surface area contributed by atoms with E-state index in [9.17, 15) is 14.5 Å². The summed E-state index contributed by atoms with van der Waals surface area (Å²) in [6, 6.07) is -0.289. The lowest BCUT2D eigenvalue weighted by atomic mass is 10.0. The quantitative estimate of drug-likeness (QED) is 0.0387. The lowest BCUT2D eigenvalue weighted by Crippen LogP contribution is -2.33. The molecule has 0 spiro atoms. The van der Waals surface area contributed by atoms with Gasteiger partial charge in [0.1, 0.15) is 5.52 Å². The topological polar surface area (TPSA) is 150 Å². The zero-order valence-electron chi connectivity index (χ0n) is 28.7. The van der Waals surface area contributed by atoms with Crippen LogP contribution in [0, 0.1) is 0 Å². The third kappa shape index (κ3) is 18.1. The number of aliphatic hydroxyl groups excluding tert-OH is 2. The minimum atomic E-state index is -3.25. The third-order valence-corrected chi connectivity index (χ3v) is 10.6. The number of fused-ring (bicyclic) bond motifs is 1. The van der Waals surface area contributed by atoms with Crippen LogP contribution in [0.1, 0.15) is 147 Å². The van der Waals surface area contributed by atoms with Crippen LogP contribution >= 0.6 is 7.60 Å². The maximum Gasteiger partial charge on any atom is 0.330 e. The summed E-state index contributed by atoms with van der Waals surface area (Å²) in [5.74, 6) is 0. The van der Waals surface area contributed by atoms with E-state index in [0.717, 1.165) is 31.2 Å². The van der Waals surface area contributed by atoms with Crippen LogP contribution in [0.3, 0.4) is 0 Å². The van der Waals surface area contributed by atoms with Crippen molar-refractivity contribution in [3.63, 3.8) is 0 Å². The summed E-state index contributed by atoms with van der Waals surface area (Å²) in [5, 5.41) is 22.0. The number of H-pyrrole nitrogens is 2. The minimum absolute atomic E-state index is 0.113. The van der Waals surface area contributed by atoms with Crippen molar-refractivity contribution in [1.29, 1.82) is 0 Å². The molecule has 266 valence electrons. The molecule has 0 aliphatic carbocycles.